The number of halogens is 2. The zero-order valence-corrected chi connectivity index (χ0v) is 9.28. The van der Waals surface area contributed by atoms with E-state index in [1.54, 1.807) is 0 Å². The number of pyridine rings is 1. The van der Waals surface area contributed by atoms with Crippen molar-refractivity contribution < 1.29 is 13.9 Å². The van der Waals surface area contributed by atoms with Gasteiger partial charge in [-0.25, -0.2) is 9.78 Å². The van der Waals surface area contributed by atoms with Crippen LogP contribution < -0.4 is 0 Å². The van der Waals surface area contributed by atoms with E-state index in [1.165, 1.54) is 23.8 Å². The van der Waals surface area contributed by atoms with Crippen LogP contribution >= 0.6 is 15.9 Å². The van der Waals surface area contributed by atoms with Crippen LogP contribution in [0.2, 0.25) is 0 Å². The second kappa shape index (κ2) is 3.62. The summed E-state index contributed by atoms with van der Waals surface area (Å²) in [7, 11) is 1.26. The number of carbonyl (C=O) groups excluding carboxylic acids is 1. The van der Waals surface area contributed by atoms with E-state index < -0.39 is 11.9 Å². The molecule has 0 saturated heterocycles. The average molecular weight is 273 g/mol. The molecule has 0 aliphatic rings. The van der Waals surface area contributed by atoms with E-state index in [1.807, 2.05) is 0 Å². The third-order valence-electron chi connectivity index (χ3n) is 1.93. The highest BCUT2D eigenvalue weighted by Gasteiger charge is 2.15. The number of fused-ring (bicyclic) bond motifs is 1. The highest BCUT2D eigenvalue weighted by molar-refractivity contribution is 9.10. The normalized spacial score (nSPS) is 10.6. The monoisotopic (exact) mass is 272 g/mol. The SMILES string of the molecule is COC(=O)c1cc(Br)cn2c(F)cnc12. The molecule has 6 heteroatoms. The van der Waals surface area contributed by atoms with Gasteiger partial charge in [0.1, 0.15) is 5.56 Å². The first-order valence-electron chi connectivity index (χ1n) is 4.04. The van der Waals surface area contributed by atoms with Gasteiger partial charge in [0, 0.05) is 10.7 Å². The first kappa shape index (κ1) is 10.1. The molecule has 4 nitrogen and oxygen atoms in total. The van der Waals surface area contributed by atoms with Crippen molar-refractivity contribution in [2.45, 2.75) is 0 Å². The van der Waals surface area contributed by atoms with Gasteiger partial charge >= 0.3 is 5.97 Å². The number of nitrogens with zero attached hydrogens (tertiary/aromatic N) is 2. The molecule has 0 aliphatic carbocycles. The summed E-state index contributed by atoms with van der Waals surface area (Å²) in [6, 6.07) is 1.54. The zero-order valence-electron chi connectivity index (χ0n) is 7.70. The molecule has 0 aliphatic heterocycles. The number of carbonyl (C=O) groups is 1. The Kier molecular flexibility index (Phi) is 2.44. The number of esters is 1. The molecular formula is C9H6BrFN2O2. The quantitative estimate of drug-likeness (QED) is 0.746. The fraction of sp³-hybridized carbons (Fsp3) is 0.111. The topological polar surface area (TPSA) is 43.6 Å². The van der Waals surface area contributed by atoms with Crippen LogP contribution in [0.4, 0.5) is 4.39 Å². The lowest BCUT2D eigenvalue weighted by atomic mass is 10.3. The van der Waals surface area contributed by atoms with Crippen LogP contribution in [0.5, 0.6) is 0 Å². The Labute approximate surface area is 92.8 Å². The highest BCUT2D eigenvalue weighted by atomic mass is 79.9. The molecule has 0 N–H and O–H groups in total. The van der Waals surface area contributed by atoms with Crippen LogP contribution in [0.3, 0.4) is 0 Å². The molecule has 2 aromatic heterocycles. The maximum atomic E-state index is 13.2. The van der Waals surface area contributed by atoms with Gasteiger partial charge in [0.25, 0.3) is 0 Å². The van der Waals surface area contributed by atoms with Gasteiger partial charge in [-0.2, -0.15) is 4.39 Å². The third kappa shape index (κ3) is 1.61. The van der Waals surface area contributed by atoms with Gasteiger partial charge in [-0.15, -0.1) is 0 Å². The van der Waals surface area contributed by atoms with E-state index >= 15 is 0 Å². The Bertz CT molecular complexity index is 538. The Morgan fingerprint density at radius 3 is 3.07 bits per heavy atom. The number of methoxy groups -OCH3 is 1. The Hall–Kier alpha value is -1.43. The Morgan fingerprint density at radius 2 is 2.40 bits per heavy atom. The van der Waals surface area contributed by atoms with Crippen LogP contribution in [0.15, 0.2) is 22.9 Å². The molecule has 0 saturated carbocycles. The molecule has 0 bridgehead atoms. The summed E-state index contributed by atoms with van der Waals surface area (Å²) < 4.78 is 19.5. The zero-order chi connectivity index (χ0) is 11.0. The lowest BCUT2D eigenvalue weighted by Crippen LogP contribution is -2.05. The predicted octanol–water partition coefficient (Wildman–Crippen LogP) is 2.02. The minimum Gasteiger partial charge on any atom is -0.465 e. The summed E-state index contributed by atoms with van der Waals surface area (Å²) in [6.07, 6.45) is 2.54. The van der Waals surface area contributed by atoms with Gasteiger partial charge in [-0.05, 0) is 22.0 Å². The molecular weight excluding hydrogens is 267 g/mol. The van der Waals surface area contributed by atoms with Crippen molar-refractivity contribution in [1.29, 1.82) is 0 Å². The maximum absolute atomic E-state index is 13.2. The summed E-state index contributed by atoms with van der Waals surface area (Å²) in [5.41, 5.74) is 0.457. The van der Waals surface area contributed by atoms with Crippen LogP contribution in [0.1, 0.15) is 10.4 Å². The van der Waals surface area contributed by atoms with Gasteiger partial charge in [-0.1, -0.05) is 0 Å². The maximum Gasteiger partial charge on any atom is 0.341 e. The van der Waals surface area contributed by atoms with Crippen molar-refractivity contribution in [2.24, 2.45) is 0 Å². The molecule has 78 valence electrons. The summed E-state index contributed by atoms with van der Waals surface area (Å²) >= 11 is 3.18. The molecule has 0 radical (unpaired) electrons. The molecule has 2 aromatic rings. The number of imidazole rings is 1. The van der Waals surface area contributed by atoms with Gasteiger partial charge in [-0.3, -0.25) is 4.40 Å². The van der Waals surface area contributed by atoms with Crippen molar-refractivity contribution in [3.8, 4) is 0 Å². The van der Waals surface area contributed by atoms with Crippen molar-refractivity contribution in [3.05, 3.63) is 34.4 Å². The molecule has 0 fully saturated rings. The van der Waals surface area contributed by atoms with Gasteiger partial charge in [0.15, 0.2) is 5.65 Å². The van der Waals surface area contributed by atoms with E-state index in [4.69, 9.17) is 0 Å². The molecule has 2 heterocycles. The van der Waals surface area contributed by atoms with E-state index in [0.29, 0.717) is 4.47 Å². The molecule has 0 aromatic carbocycles. The molecule has 0 atom stereocenters. The number of aromatic nitrogens is 2. The number of hydrogen-bond donors (Lipinski definition) is 0. The number of ether oxygens (including phenoxy) is 1. The summed E-state index contributed by atoms with van der Waals surface area (Å²) in [5.74, 6) is -1.08. The minimum atomic E-state index is -0.549. The number of rotatable bonds is 1. The van der Waals surface area contributed by atoms with Crippen molar-refractivity contribution in [2.75, 3.05) is 7.11 Å². The molecule has 0 unspecified atom stereocenters. The van der Waals surface area contributed by atoms with Crippen molar-refractivity contribution in [3.63, 3.8) is 0 Å². The van der Waals surface area contributed by atoms with Crippen LogP contribution in [0, 0.1) is 5.95 Å². The number of hydrogen-bond acceptors (Lipinski definition) is 3. The van der Waals surface area contributed by atoms with Crippen LogP contribution in [-0.2, 0) is 4.74 Å². The lowest BCUT2D eigenvalue weighted by Gasteiger charge is -2.02. The first-order chi connectivity index (χ1) is 7.13. The van der Waals surface area contributed by atoms with Crippen molar-refractivity contribution in [1.82, 2.24) is 9.38 Å². The van der Waals surface area contributed by atoms with Gasteiger partial charge in [0.05, 0.1) is 13.3 Å². The Balaban J connectivity index is 2.78. The standard InChI is InChI=1S/C9H6BrFN2O2/c1-15-9(14)6-2-5(10)4-13-7(11)3-12-8(6)13/h2-4H,1H3. The van der Waals surface area contributed by atoms with Gasteiger partial charge < -0.3 is 4.74 Å². The molecule has 15 heavy (non-hydrogen) atoms. The summed E-state index contributed by atoms with van der Waals surface area (Å²) in [4.78, 5) is 15.2. The van der Waals surface area contributed by atoms with E-state index in [0.717, 1.165) is 6.20 Å². The van der Waals surface area contributed by atoms with E-state index in [2.05, 4.69) is 25.7 Å². The highest BCUT2D eigenvalue weighted by Crippen LogP contribution is 2.18. The molecule has 2 rings (SSSR count). The van der Waals surface area contributed by atoms with Crippen LogP contribution in [0.25, 0.3) is 5.65 Å². The predicted molar refractivity (Wildman–Crippen MR) is 54.2 cm³/mol. The Morgan fingerprint density at radius 1 is 1.67 bits per heavy atom. The first-order valence-corrected chi connectivity index (χ1v) is 4.83. The van der Waals surface area contributed by atoms with E-state index in [-0.39, 0.29) is 11.2 Å². The second-order valence-corrected chi connectivity index (χ2v) is 3.75. The third-order valence-corrected chi connectivity index (χ3v) is 2.37. The fourth-order valence-electron chi connectivity index (χ4n) is 1.29. The molecule has 0 spiro atoms. The minimum absolute atomic E-state index is 0.218. The second-order valence-electron chi connectivity index (χ2n) is 2.84. The van der Waals surface area contributed by atoms with Crippen LogP contribution in [-0.4, -0.2) is 22.5 Å². The average Bonchev–Trinajstić information content (AvgIpc) is 2.58. The fourth-order valence-corrected chi connectivity index (χ4v) is 1.72. The summed E-state index contributed by atoms with van der Waals surface area (Å²) in [6.45, 7) is 0. The summed E-state index contributed by atoms with van der Waals surface area (Å²) in [5, 5.41) is 0. The van der Waals surface area contributed by atoms with E-state index in [9.17, 15) is 9.18 Å². The van der Waals surface area contributed by atoms with Gasteiger partial charge in [0.2, 0.25) is 5.95 Å². The largest absolute Gasteiger partial charge is 0.465 e. The smallest absolute Gasteiger partial charge is 0.341 e. The van der Waals surface area contributed by atoms with Crippen molar-refractivity contribution >= 4 is 27.5 Å². The lowest BCUT2D eigenvalue weighted by molar-refractivity contribution is 0.0602. The molecule has 0 amide bonds.